The lowest BCUT2D eigenvalue weighted by atomic mass is 10.0. The molecule has 0 saturated carbocycles. The predicted molar refractivity (Wildman–Crippen MR) is 108 cm³/mol. The molecule has 1 amide bonds. The summed E-state index contributed by atoms with van der Waals surface area (Å²) in [5, 5.41) is 3.51. The Morgan fingerprint density at radius 2 is 2.22 bits per heavy atom. The van der Waals surface area contributed by atoms with Crippen molar-refractivity contribution in [3.63, 3.8) is 0 Å². The summed E-state index contributed by atoms with van der Waals surface area (Å²) in [6, 6.07) is 5.41. The Hall–Kier alpha value is -2.29. The minimum absolute atomic E-state index is 0.234. The van der Waals surface area contributed by atoms with Crippen LogP contribution in [0.4, 0.5) is 5.00 Å². The first-order valence-corrected chi connectivity index (χ1v) is 10.4. The average molecular weight is 402 g/mol. The molecule has 3 heterocycles. The summed E-state index contributed by atoms with van der Waals surface area (Å²) in [6.07, 6.45) is 0.777. The highest BCUT2D eigenvalue weighted by Crippen LogP contribution is 2.37. The molecule has 0 unspecified atom stereocenters. The highest BCUT2D eigenvalue weighted by atomic mass is 32.1. The van der Waals surface area contributed by atoms with Crippen molar-refractivity contribution in [2.45, 2.75) is 19.9 Å². The van der Waals surface area contributed by atoms with Crippen molar-refractivity contribution in [2.24, 2.45) is 0 Å². The van der Waals surface area contributed by atoms with Gasteiger partial charge >= 0.3 is 5.97 Å². The van der Waals surface area contributed by atoms with Crippen LogP contribution in [0.25, 0.3) is 10.2 Å². The number of anilines is 1. The van der Waals surface area contributed by atoms with Crippen LogP contribution in [0.1, 0.15) is 38.1 Å². The molecule has 1 aliphatic heterocycles. The molecule has 0 spiro atoms. The van der Waals surface area contributed by atoms with Gasteiger partial charge < -0.3 is 15.0 Å². The summed E-state index contributed by atoms with van der Waals surface area (Å²) >= 11 is 2.96. The number of aromatic nitrogens is 1. The summed E-state index contributed by atoms with van der Waals surface area (Å²) in [5.41, 5.74) is 4.69. The zero-order chi connectivity index (χ0) is 19.0. The number of hydrogen-bond donors (Lipinski definition) is 1. The highest BCUT2D eigenvalue weighted by molar-refractivity contribution is 7.17. The summed E-state index contributed by atoms with van der Waals surface area (Å²) in [4.78, 5) is 32.9. The molecule has 140 valence electrons. The molecular formula is C19H19N3O3S2. The SMILES string of the molecule is CCOC(=O)c1c(NC(=O)c2ccc3ncsc3c2)sc2c1CCN(C)C2. The summed E-state index contributed by atoms with van der Waals surface area (Å²) < 4.78 is 6.21. The van der Waals surface area contributed by atoms with Gasteiger partial charge in [0.15, 0.2) is 0 Å². The van der Waals surface area contributed by atoms with Crippen LogP contribution in [0.15, 0.2) is 23.7 Å². The third-order valence-electron chi connectivity index (χ3n) is 4.55. The number of benzene rings is 1. The molecule has 8 heteroatoms. The maximum absolute atomic E-state index is 12.8. The maximum atomic E-state index is 12.8. The van der Waals surface area contributed by atoms with Crippen molar-refractivity contribution in [3.05, 3.63) is 45.3 Å². The van der Waals surface area contributed by atoms with Gasteiger partial charge in [0.05, 0.1) is 27.9 Å². The van der Waals surface area contributed by atoms with Gasteiger partial charge in [-0.15, -0.1) is 22.7 Å². The molecule has 0 aliphatic carbocycles. The lowest BCUT2D eigenvalue weighted by Crippen LogP contribution is -2.26. The van der Waals surface area contributed by atoms with Crippen molar-refractivity contribution in [1.29, 1.82) is 0 Å². The first-order chi connectivity index (χ1) is 13.1. The fraction of sp³-hybridized carbons (Fsp3) is 0.316. The Kier molecular flexibility index (Phi) is 4.94. The molecule has 0 fully saturated rings. The second kappa shape index (κ2) is 7.38. The van der Waals surface area contributed by atoms with E-state index < -0.39 is 0 Å². The molecule has 6 nitrogen and oxygen atoms in total. The van der Waals surface area contributed by atoms with Crippen LogP contribution in [-0.2, 0) is 17.7 Å². The molecule has 27 heavy (non-hydrogen) atoms. The number of carbonyl (C=O) groups is 2. The maximum Gasteiger partial charge on any atom is 0.341 e. The number of hydrogen-bond acceptors (Lipinski definition) is 7. The lowest BCUT2D eigenvalue weighted by molar-refractivity contribution is 0.0526. The highest BCUT2D eigenvalue weighted by Gasteiger charge is 2.28. The number of amides is 1. The topological polar surface area (TPSA) is 71.5 Å². The number of fused-ring (bicyclic) bond motifs is 2. The Balaban J connectivity index is 1.67. The number of likely N-dealkylation sites (N-methyl/N-ethyl adjacent to an activating group) is 1. The molecule has 0 radical (unpaired) electrons. The molecule has 2 aromatic heterocycles. The lowest BCUT2D eigenvalue weighted by Gasteiger charge is -2.22. The molecule has 3 aromatic rings. The molecule has 1 N–H and O–H groups in total. The minimum Gasteiger partial charge on any atom is -0.462 e. The van der Waals surface area contributed by atoms with Gasteiger partial charge in [-0.3, -0.25) is 4.79 Å². The molecule has 1 aliphatic rings. The summed E-state index contributed by atoms with van der Waals surface area (Å²) in [6.45, 7) is 3.74. The van der Waals surface area contributed by atoms with Gasteiger partial charge in [0.25, 0.3) is 5.91 Å². The van der Waals surface area contributed by atoms with Crippen molar-refractivity contribution in [1.82, 2.24) is 9.88 Å². The quantitative estimate of drug-likeness (QED) is 0.674. The van der Waals surface area contributed by atoms with Crippen LogP contribution in [-0.4, -0.2) is 42.0 Å². The smallest absolute Gasteiger partial charge is 0.341 e. The number of carbonyl (C=O) groups excluding carboxylic acids is 2. The van der Waals surface area contributed by atoms with Crippen molar-refractivity contribution in [2.75, 3.05) is 25.5 Å². The second-order valence-corrected chi connectivity index (χ2v) is 8.40. The fourth-order valence-corrected chi connectivity index (χ4v) is 5.24. The standard InChI is InChI=1S/C19H19N3O3S2/c1-3-25-19(24)16-12-6-7-22(2)9-15(12)27-18(16)21-17(23)11-4-5-13-14(8-11)26-10-20-13/h4-5,8,10H,3,6-7,9H2,1-2H3,(H,21,23). The van der Waals surface area contributed by atoms with E-state index in [0.717, 1.165) is 40.2 Å². The Bertz CT molecular complexity index is 1020. The third-order valence-corrected chi connectivity index (χ3v) is 6.47. The Morgan fingerprint density at radius 1 is 1.37 bits per heavy atom. The first-order valence-electron chi connectivity index (χ1n) is 8.71. The number of ether oxygens (including phenoxy) is 1. The van der Waals surface area contributed by atoms with E-state index in [0.29, 0.717) is 22.7 Å². The summed E-state index contributed by atoms with van der Waals surface area (Å²) in [5.74, 6) is -0.601. The Labute approximate surface area is 164 Å². The van der Waals surface area contributed by atoms with E-state index in [4.69, 9.17) is 4.74 Å². The summed E-state index contributed by atoms with van der Waals surface area (Å²) in [7, 11) is 2.05. The largest absolute Gasteiger partial charge is 0.462 e. The van der Waals surface area contributed by atoms with Crippen molar-refractivity contribution in [3.8, 4) is 0 Å². The van der Waals surface area contributed by atoms with Crippen LogP contribution in [0.2, 0.25) is 0 Å². The van der Waals surface area contributed by atoms with Crippen molar-refractivity contribution < 1.29 is 14.3 Å². The van der Waals surface area contributed by atoms with E-state index in [9.17, 15) is 9.59 Å². The van der Waals surface area contributed by atoms with Gasteiger partial charge in [0.2, 0.25) is 0 Å². The molecular weight excluding hydrogens is 382 g/mol. The average Bonchev–Trinajstić information content (AvgIpc) is 3.24. The number of esters is 1. The molecule has 0 atom stereocenters. The number of nitrogens with one attached hydrogen (secondary N) is 1. The zero-order valence-electron chi connectivity index (χ0n) is 15.1. The van der Waals surface area contributed by atoms with Crippen LogP contribution in [0, 0.1) is 0 Å². The van der Waals surface area contributed by atoms with Gasteiger partial charge in [0, 0.05) is 23.5 Å². The van der Waals surface area contributed by atoms with Crippen LogP contribution >= 0.6 is 22.7 Å². The number of thiophene rings is 1. The van der Waals surface area contributed by atoms with Gasteiger partial charge in [-0.1, -0.05) is 0 Å². The second-order valence-electron chi connectivity index (χ2n) is 6.41. The van der Waals surface area contributed by atoms with Crippen molar-refractivity contribution >= 4 is 49.8 Å². The monoisotopic (exact) mass is 401 g/mol. The van der Waals surface area contributed by atoms with Gasteiger partial charge in [-0.25, -0.2) is 9.78 Å². The van der Waals surface area contributed by atoms with Gasteiger partial charge in [0.1, 0.15) is 5.00 Å². The van der Waals surface area contributed by atoms with Crippen LogP contribution < -0.4 is 5.32 Å². The number of rotatable bonds is 4. The Morgan fingerprint density at radius 3 is 3.04 bits per heavy atom. The minimum atomic E-state index is -0.368. The van der Waals surface area contributed by atoms with Crippen LogP contribution in [0.3, 0.4) is 0 Å². The van der Waals surface area contributed by atoms with Gasteiger partial charge in [-0.2, -0.15) is 0 Å². The molecule has 4 rings (SSSR count). The predicted octanol–water partition coefficient (Wildman–Crippen LogP) is 3.77. The third kappa shape index (κ3) is 3.47. The zero-order valence-corrected chi connectivity index (χ0v) is 16.7. The van der Waals surface area contributed by atoms with E-state index in [2.05, 4.69) is 22.2 Å². The van der Waals surface area contributed by atoms with E-state index in [1.165, 1.54) is 22.7 Å². The van der Waals surface area contributed by atoms with E-state index in [1.807, 2.05) is 12.1 Å². The van der Waals surface area contributed by atoms with Crippen LogP contribution in [0.5, 0.6) is 0 Å². The number of thiazole rings is 1. The van der Waals surface area contributed by atoms with E-state index in [1.54, 1.807) is 18.5 Å². The molecule has 1 aromatic carbocycles. The normalized spacial score (nSPS) is 14.1. The first kappa shape index (κ1) is 18.1. The van der Waals surface area contributed by atoms with E-state index in [-0.39, 0.29) is 11.9 Å². The van der Waals surface area contributed by atoms with Gasteiger partial charge in [-0.05, 0) is 44.2 Å². The molecule has 0 saturated heterocycles. The molecule has 0 bridgehead atoms. The number of nitrogens with zero attached hydrogens (tertiary/aromatic N) is 2. The fourth-order valence-electron chi connectivity index (χ4n) is 3.21. The van der Waals surface area contributed by atoms with E-state index >= 15 is 0 Å².